The first-order valence-corrected chi connectivity index (χ1v) is 7.10. The molecule has 0 bridgehead atoms. The summed E-state index contributed by atoms with van der Waals surface area (Å²) in [7, 11) is 0. The second kappa shape index (κ2) is 5.70. The van der Waals surface area contributed by atoms with Crippen LogP contribution in [0.5, 0.6) is 0 Å². The van der Waals surface area contributed by atoms with Crippen molar-refractivity contribution >= 4 is 27.5 Å². The maximum atomic E-state index is 12.2. The number of carbonyl (C=O) groups is 1. The van der Waals surface area contributed by atoms with Gasteiger partial charge >= 0.3 is 0 Å². The molecule has 0 fully saturated rings. The molecule has 3 heteroatoms. The van der Waals surface area contributed by atoms with Crippen molar-refractivity contribution in [2.24, 2.45) is 5.92 Å². The molecule has 0 saturated heterocycles. The average molecular weight is 308 g/mol. The van der Waals surface area contributed by atoms with Crippen LogP contribution in [0.1, 0.15) is 30.4 Å². The van der Waals surface area contributed by atoms with Gasteiger partial charge < -0.3 is 5.32 Å². The number of anilines is 1. The van der Waals surface area contributed by atoms with Crippen molar-refractivity contribution in [3.05, 3.63) is 39.9 Å². The van der Waals surface area contributed by atoms with E-state index in [1.54, 1.807) is 0 Å². The SMILES string of the molecule is Cc1cc(Br)cc(C)c1NC(=O)C1CC=CCC1. The molecule has 1 unspecified atom stereocenters. The summed E-state index contributed by atoms with van der Waals surface area (Å²) in [5, 5.41) is 3.08. The van der Waals surface area contributed by atoms with Gasteiger partial charge in [-0.25, -0.2) is 0 Å². The van der Waals surface area contributed by atoms with E-state index in [1.807, 2.05) is 26.0 Å². The van der Waals surface area contributed by atoms with Crippen LogP contribution in [-0.4, -0.2) is 5.91 Å². The fourth-order valence-corrected chi connectivity index (χ4v) is 3.05. The number of hydrogen-bond donors (Lipinski definition) is 1. The number of carbonyl (C=O) groups excluding carboxylic acids is 1. The number of benzene rings is 1. The molecule has 0 spiro atoms. The smallest absolute Gasteiger partial charge is 0.227 e. The maximum Gasteiger partial charge on any atom is 0.227 e. The van der Waals surface area contributed by atoms with Crippen LogP contribution in [0.2, 0.25) is 0 Å². The van der Waals surface area contributed by atoms with Gasteiger partial charge in [-0.3, -0.25) is 4.79 Å². The highest BCUT2D eigenvalue weighted by Gasteiger charge is 2.19. The molecule has 1 aromatic rings. The lowest BCUT2D eigenvalue weighted by atomic mass is 9.93. The predicted octanol–water partition coefficient (Wildman–Crippen LogP) is 4.36. The van der Waals surface area contributed by atoms with E-state index in [0.29, 0.717) is 0 Å². The summed E-state index contributed by atoms with van der Waals surface area (Å²) in [6, 6.07) is 4.06. The van der Waals surface area contributed by atoms with Gasteiger partial charge in [-0.15, -0.1) is 0 Å². The molecule has 0 saturated carbocycles. The van der Waals surface area contributed by atoms with Gasteiger partial charge in [0.15, 0.2) is 0 Å². The number of aryl methyl sites for hydroxylation is 2. The van der Waals surface area contributed by atoms with Gasteiger partial charge in [0, 0.05) is 16.1 Å². The molecule has 0 aromatic heterocycles. The number of hydrogen-bond acceptors (Lipinski definition) is 1. The number of allylic oxidation sites excluding steroid dienone is 2. The van der Waals surface area contributed by atoms with Crippen LogP contribution in [0, 0.1) is 19.8 Å². The lowest BCUT2D eigenvalue weighted by Gasteiger charge is -2.19. The molecule has 1 aliphatic carbocycles. The topological polar surface area (TPSA) is 29.1 Å². The van der Waals surface area contributed by atoms with E-state index in [4.69, 9.17) is 0 Å². The van der Waals surface area contributed by atoms with Crippen molar-refractivity contribution in [1.82, 2.24) is 0 Å². The third-order valence-electron chi connectivity index (χ3n) is 3.39. The van der Waals surface area contributed by atoms with E-state index in [1.165, 1.54) is 0 Å². The summed E-state index contributed by atoms with van der Waals surface area (Å²) in [6.45, 7) is 4.04. The van der Waals surface area contributed by atoms with Crippen molar-refractivity contribution in [3.8, 4) is 0 Å². The van der Waals surface area contributed by atoms with Gasteiger partial charge in [0.05, 0.1) is 0 Å². The van der Waals surface area contributed by atoms with Crippen LogP contribution >= 0.6 is 15.9 Å². The second-order valence-electron chi connectivity index (χ2n) is 4.89. The molecule has 0 heterocycles. The fourth-order valence-electron chi connectivity index (χ4n) is 2.36. The van der Waals surface area contributed by atoms with Crippen molar-refractivity contribution < 1.29 is 4.79 Å². The minimum Gasteiger partial charge on any atom is -0.325 e. The Morgan fingerprint density at radius 3 is 2.50 bits per heavy atom. The van der Waals surface area contributed by atoms with E-state index >= 15 is 0 Å². The minimum absolute atomic E-state index is 0.123. The molecule has 96 valence electrons. The Morgan fingerprint density at radius 2 is 1.94 bits per heavy atom. The highest BCUT2D eigenvalue weighted by molar-refractivity contribution is 9.10. The molecule has 1 N–H and O–H groups in total. The van der Waals surface area contributed by atoms with Gasteiger partial charge in [0.25, 0.3) is 0 Å². The number of nitrogens with one attached hydrogen (secondary N) is 1. The van der Waals surface area contributed by atoms with Crippen molar-refractivity contribution in [3.63, 3.8) is 0 Å². The third-order valence-corrected chi connectivity index (χ3v) is 3.84. The second-order valence-corrected chi connectivity index (χ2v) is 5.80. The summed E-state index contributed by atoms with van der Waals surface area (Å²) in [6.07, 6.45) is 7.09. The van der Waals surface area contributed by atoms with E-state index in [0.717, 1.165) is 40.5 Å². The third kappa shape index (κ3) is 3.02. The van der Waals surface area contributed by atoms with Gasteiger partial charge in [-0.2, -0.15) is 0 Å². The highest BCUT2D eigenvalue weighted by Crippen LogP contribution is 2.27. The summed E-state index contributed by atoms with van der Waals surface area (Å²) in [5.41, 5.74) is 3.15. The lowest BCUT2D eigenvalue weighted by Crippen LogP contribution is -2.24. The Kier molecular flexibility index (Phi) is 4.23. The largest absolute Gasteiger partial charge is 0.325 e. The van der Waals surface area contributed by atoms with Gasteiger partial charge in [-0.05, 0) is 56.4 Å². The van der Waals surface area contributed by atoms with Crippen LogP contribution in [0.25, 0.3) is 0 Å². The Bertz CT molecular complexity index is 470. The first kappa shape index (κ1) is 13.3. The molecule has 18 heavy (non-hydrogen) atoms. The zero-order chi connectivity index (χ0) is 13.1. The molecule has 1 aromatic carbocycles. The van der Waals surface area contributed by atoms with Crippen LogP contribution in [0.3, 0.4) is 0 Å². The zero-order valence-corrected chi connectivity index (χ0v) is 12.4. The van der Waals surface area contributed by atoms with Crippen molar-refractivity contribution in [1.29, 1.82) is 0 Å². The minimum atomic E-state index is 0.123. The summed E-state index contributed by atoms with van der Waals surface area (Å²) < 4.78 is 1.05. The maximum absolute atomic E-state index is 12.2. The van der Waals surface area contributed by atoms with Crippen molar-refractivity contribution in [2.75, 3.05) is 5.32 Å². The van der Waals surface area contributed by atoms with Crippen LogP contribution in [0.15, 0.2) is 28.8 Å². The number of halogens is 1. The molecule has 1 amide bonds. The number of rotatable bonds is 2. The summed E-state index contributed by atoms with van der Waals surface area (Å²) >= 11 is 3.47. The molecule has 1 aliphatic rings. The standard InChI is InChI=1S/C15H18BrNO/c1-10-8-13(16)9-11(2)14(10)17-15(18)12-6-4-3-5-7-12/h3-4,8-9,12H,5-7H2,1-2H3,(H,17,18). The van der Waals surface area contributed by atoms with Crippen molar-refractivity contribution in [2.45, 2.75) is 33.1 Å². The molecule has 2 rings (SSSR count). The van der Waals surface area contributed by atoms with Crippen LogP contribution in [0.4, 0.5) is 5.69 Å². The molecule has 0 aliphatic heterocycles. The first-order chi connectivity index (χ1) is 8.58. The molecular formula is C15H18BrNO. The molecule has 0 radical (unpaired) electrons. The highest BCUT2D eigenvalue weighted by atomic mass is 79.9. The van der Waals surface area contributed by atoms with Crippen LogP contribution in [-0.2, 0) is 4.79 Å². The first-order valence-electron chi connectivity index (χ1n) is 6.30. The van der Waals surface area contributed by atoms with E-state index in [9.17, 15) is 4.79 Å². The zero-order valence-electron chi connectivity index (χ0n) is 10.8. The fraction of sp³-hybridized carbons (Fsp3) is 0.400. The normalized spacial score (nSPS) is 18.7. The average Bonchev–Trinajstić information content (AvgIpc) is 2.34. The van der Waals surface area contributed by atoms with E-state index in [2.05, 4.69) is 33.4 Å². The Hall–Kier alpha value is -1.09. The summed E-state index contributed by atoms with van der Waals surface area (Å²) in [5.74, 6) is 0.269. The van der Waals surface area contributed by atoms with Gasteiger partial charge in [-0.1, -0.05) is 28.1 Å². The number of amides is 1. The molecule has 2 nitrogen and oxygen atoms in total. The lowest BCUT2D eigenvalue weighted by molar-refractivity contribution is -0.120. The quantitative estimate of drug-likeness (QED) is 0.808. The predicted molar refractivity (Wildman–Crippen MR) is 78.7 cm³/mol. The Balaban J connectivity index is 2.14. The van der Waals surface area contributed by atoms with Gasteiger partial charge in [0.2, 0.25) is 5.91 Å². The Morgan fingerprint density at radius 1 is 1.28 bits per heavy atom. The van der Waals surface area contributed by atoms with E-state index in [-0.39, 0.29) is 11.8 Å². The molecule has 1 atom stereocenters. The van der Waals surface area contributed by atoms with Crippen LogP contribution < -0.4 is 5.32 Å². The van der Waals surface area contributed by atoms with Gasteiger partial charge in [0.1, 0.15) is 0 Å². The molecular weight excluding hydrogens is 290 g/mol. The summed E-state index contributed by atoms with van der Waals surface area (Å²) in [4.78, 5) is 12.2. The monoisotopic (exact) mass is 307 g/mol. The van der Waals surface area contributed by atoms with E-state index < -0.39 is 0 Å². The Labute approximate surface area is 117 Å².